The summed E-state index contributed by atoms with van der Waals surface area (Å²) in [6, 6.07) is 5.74. The molecule has 27 heavy (non-hydrogen) atoms. The highest BCUT2D eigenvalue weighted by Crippen LogP contribution is 2.27. The third kappa shape index (κ3) is 6.25. The summed E-state index contributed by atoms with van der Waals surface area (Å²) < 4.78 is 14.9. The normalized spacial score (nSPS) is 18.8. The zero-order chi connectivity index (χ0) is 19.8. The lowest BCUT2D eigenvalue weighted by Crippen LogP contribution is -2.27. The number of carbonyl (C=O) groups is 4. The van der Waals surface area contributed by atoms with Gasteiger partial charge >= 0.3 is 23.9 Å². The number of carboxylic acids is 1. The molecule has 2 rings (SSSR count). The molecular weight excluding hydrogens is 356 g/mol. The van der Waals surface area contributed by atoms with Crippen LogP contribution in [-0.4, -0.2) is 41.7 Å². The maximum atomic E-state index is 12.2. The van der Waals surface area contributed by atoms with Gasteiger partial charge in [-0.3, -0.25) is 4.79 Å². The fourth-order valence-corrected chi connectivity index (χ4v) is 2.66. The van der Waals surface area contributed by atoms with Crippen LogP contribution in [-0.2, 0) is 23.9 Å². The standard InChI is InChI=1S/C19H20O8/c1-2-16(20)25-11-17(21)26-14-9-5-13(6-10-14)19(24)27-15-7-3-12(4-8-15)18(22)23/h2,5-6,9-10,12,15H,1,3-4,7-8,11H2,(H,22,23). The summed E-state index contributed by atoms with van der Waals surface area (Å²) in [6.07, 6.45) is 2.63. The number of rotatable bonds is 7. The van der Waals surface area contributed by atoms with Crippen molar-refractivity contribution in [1.29, 1.82) is 0 Å². The predicted octanol–water partition coefficient (Wildman–Crippen LogP) is 2.12. The van der Waals surface area contributed by atoms with E-state index >= 15 is 0 Å². The minimum absolute atomic E-state index is 0.188. The van der Waals surface area contributed by atoms with Gasteiger partial charge < -0.3 is 19.3 Å². The van der Waals surface area contributed by atoms with Crippen LogP contribution in [0.25, 0.3) is 0 Å². The molecule has 0 amide bonds. The molecular formula is C19H20O8. The van der Waals surface area contributed by atoms with Gasteiger partial charge in [0, 0.05) is 6.08 Å². The van der Waals surface area contributed by atoms with E-state index in [1.54, 1.807) is 0 Å². The van der Waals surface area contributed by atoms with Gasteiger partial charge in [-0.25, -0.2) is 14.4 Å². The van der Waals surface area contributed by atoms with Crippen LogP contribution in [0.3, 0.4) is 0 Å². The van der Waals surface area contributed by atoms with Crippen molar-refractivity contribution in [3.8, 4) is 5.75 Å². The molecule has 144 valence electrons. The highest BCUT2D eigenvalue weighted by atomic mass is 16.6. The topological polar surface area (TPSA) is 116 Å². The highest BCUT2D eigenvalue weighted by Gasteiger charge is 2.28. The largest absolute Gasteiger partial charge is 0.481 e. The molecule has 0 saturated heterocycles. The predicted molar refractivity (Wildman–Crippen MR) is 92.0 cm³/mol. The molecule has 0 radical (unpaired) electrons. The van der Waals surface area contributed by atoms with Crippen LogP contribution in [0.2, 0.25) is 0 Å². The van der Waals surface area contributed by atoms with E-state index in [-0.39, 0.29) is 23.3 Å². The number of hydrogen-bond donors (Lipinski definition) is 1. The number of carbonyl (C=O) groups excluding carboxylic acids is 3. The van der Waals surface area contributed by atoms with Crippen LogP contribution in [0, 0.1) is 5.92 Å². The zero-order valence-corrected chi connectivity index (χ0v) is 14.6. The Morgan fingerprint density at radius 3 is 2.26 bits per heavy atom. The van der Waals surface area contributed by atoms with Crippen molar-refractivity contribution in [3.05, 3.63) is 42.5 Å². The summed E-state index contributed by atoms with van der Waals surface area (Å²) in [4.78, 5) is 45.5. The second-order valence-electron chi connectivity index (χ2n) is 6.03. The SMILES string of the molecule is C=CC(=O)OCC(=O)Oc1ccc(C(=O)OC2CCC(C(=O)O)CC2)cc1. The third-order valence-electron chi connectivity index (χ3n) is 4.12. The second kappa shape index (κ2) is 9.51. The van der Waals surface area contributed by atoms with Gasteiger partial charge in [0.2, 0.25) is 0 Å². The lowest BCUT2D eigenvalue weighted by atomic mass is 9.87. The number of benzene rings is 1. The summed E-state index contributed by atoms with van der Waals surface area (Å²) in [5.41, 5.74) is 0.285. The van der Waals surface area contributed by atoms with Crippen LogP contribution >= 0.6 is 0 Å². The Bertz CT molecular complexity index is 714. The lowest BCUT2D eigenvalue weighted by Gasteiger charge is -2.25. The molecule has 0 atom stereocenters. The van der Waals surface area contributed by atoms with Crippen LogP contribution in [0.1, 0.15) is 36.0 Å². The minimum atomic E-state index is -0.816. The van der Waals surface area contributed by atoms with Gasteiger partial charge in [0.05, 0.1) is 11.5 Å². The molecule has 1 aromatic rings. The molecule has 1 aliphatic carbocycles. The smallest absolute Gasteiger partial charge is 0.349 e. The molecule has 0 bridgehead atoms. The van der Waals surface area contributed by atoms with Gasteiger partial charge in [-0.1, -0.05) is 6.58 Å². The van der Waals surface area contributed by atoms with Crippen LogP contribution in [0.5, 0.6) is 5.75 Å². The Kier molecular flexibility index (Phi) is 7.10. The van der Waals surface area contributed by atoms with E-state index in [4.69, 9.17) is 14.6 Å². The lowest BCUT2D eigenvalue weighted by molar-refractivity contribution is -0.150. The Labute approximate surface area is 155 Å². The van der Waals surface area contributed by atoms with E-state index in [1.807, 2.05) is 0 Å². The minimum Gasteiger partial charge on any atom is -0.481 e. The van der Waals surface area contributed by atoms with Gasteiger partial charge in [-0.15, -0.1) is 0 Å². The Balaban J connectivity index is 1.81. The molecule has 8 nitrogen and oxygen atoms in total. The van der Waals surface area contributed by atoms with Crippen molar-refractivity contribution in [2.45, 2.75) is 31.8 Å². The van der Waals surface area contributed by atoms with E-state index in [9.17, 15) is 19.2 Å². The van der Waals surface area contributed by atoms with E-state index in [0.717, 1.165) is 6.08 Å². The van der Waals surface area contributed by atoms with Crippen molar-refractivity contribution in [1.82, 2.24) is 0 Å². The third-order valence-corrected chi connectivity index (χ3v) is 4.12. The van der Waals surface area contributed by atoms with Gasteiger partial charge in [0.25, 0.3) is 0 Å². The summed E-state index contributed by atoms with van der Waals surface area (Å²) in [5, 5.41) is 8.97. The monoisotopic (exact) mass is 376 g/mol. The molecule has 1 aromatic carbocycles. The van der Waals surface area contributed by atoms with Crippen molar-refractivity contribution < 1.29 is 38.5 Å². The van der Waals surface area contributed by atoms with Crippen LogP contribution in [0.15, 0.2) is 36.9 Å². The van der Waals surface area contributed by atoms with Crippen LogP contribution < -0.4 is 4.74 Å². The van der Waals surface area contributed by atoms with E-state index in [1.165, 1.54) is 24.3 Å². The maximum absolute atomic E-state index is 12.2. The molecule has 1 fully saturated rings. The van der Waals surface area contributed by atoms with Gasteiger partial charge in [-0.05, 0) is 49.9 Å². The average molecular weight is 376 g/mol. The first-order valence-corrected chi connectivity index (χ1v) is 8.42. The molecule has 1 aliphatic rings. The number of hydrogen-bond acceptors (Lipinski definition) is 7. The summed E-state index contributed by atoms with van der Waals surface area (Å²) in [5.74, 6) is -3.03. The van der Waals surface area contributed by atoms with E-state index in [2.05, 4.69) is 11.3 Å². The summed E-state index contributed by atoms with van der Waals surface area (Å²) in [6.45, 7) is 2.66. The Hall–Kier alpha value is -3.16. The number of esters is 3. The van der Waals surface area contributed by atoms with Crippen LogP contribution in [0.4, 0.5) is 0 Å². The fourth-order valence-electron chi connectivity index (χ4n) is 2.66. The molecule has 0 aliphatic heterocycles. The first kappa shape index (κ1) is 20.2. The number of aliphatic carboxylic acids is 1. The first-order valence-electron chi connectivity index (χ1n) is 8.42. The first-order chi connectivity index (χ1) is 12.9. The van der Waals surface area contributed by atoms with Crippen molar-refractivity contribution in [2.24, 2.45) is 5.92 Å². The highest BCUT2D eigenvalue weighted by molar-refractivity contribution is 5.90. The fraction of sp³-hybridized carbons (Fsp3) is 0.368. The maximum Gasteiger partial charge on any atom is 0.349 e. The molecule has 1 saturated carbocycles. The Morgan fingerprint density at radius 1 is 1.07 bits per heavy atom. The quantitative estimate of drug-likeness (QED) is 0.437. The Morgan fingerprint density at radius 2 is 1.70 bits per heavy atom. The molecule has 8 heteroatoms. The molecule has 1 N–H and O–H groups in total. The molecule has 0 spiro atoms. The van der Waals surface area contributed by atoms with Crippen molar-refractivity contribution >= 4 is 23.9 Å². The van der Waals surface area contributed by atoms with E-state index < -0.39 is 30.5 Å². The van der Waals surface area contributed by atoms with E-state index in [0.29, 0.717) is 25.7 Å². The number of ether oxygens (including phenoxy) is 3. The number of carboxylic acid groups (broad SMARTS) is 1. The van der Waals surface area contributed by atoms with Gasteiger partial charge in [0.1, 0.15) is 11.9 Å². The molecule has 0 unspecified atom stereocenters. The van der Waals surface area contributed by atoms with Crippen molar-refractivity contribution in [3.63, 3.8) is 0 Å². The second-order valence-corrected chi connectivity index (χ2v) is 6.03. The molecule has 0 heterocycles. The summed E-state index contributed by atoms with van der Waals surface area (Å²) in [7, 11) is 0. The van der Waals surface area contributed by atoms with Crippen molar-refractivity contribution in [2.75, 3.05) is 6.61 Å². The van der Waals surface area contributed by atoms with Gasteiger partial charge in [0.15, 0.2) is 6.61 Å². The average Bonchev–Trinajstić information content (AvgIpc) is 2.67. The zero-order valence-electron chi connectivity index (χ0n) is 14.6. The summed E-state index contributed by atoms with van der Waals surface area (Å²) >= 11 is 0. The molecule has 0 aromatic heterocycles. The van der Waals surface area contributed by atoms with Gasteiger partial charge in [-0.2, -0.15) is 0 Å².